The molecule has 0 spiro atoms. The summed E-state index contributed by atoms with van der Waals surface area (Å²) in [4.78, 5) is 18.2. The van der Waals surface area contributed by atoms with Gasteiger partial charge in [0, 0.05) is 6.54 Å². The minimum Gasteiger partial charge on any atom is -0.493 e. The van der Waals surface area contributed by atoms with Crippen LogP contribution in [0.3, 0.4) is 0 Å². The van der Waals surface area contributed by atoms with Crippen LogP contribution in [-0.4, -0.2) is 56.8 Å². The number of aliphatic carboxylic acids is 2. The number of benzene rings is 2. The van der Waals surface area contributed by atoms with Crippen LogP contribution in [0.4, 0.5) is 0 Å². The molecule has 0 saturated heterocycles. The molecule has 3 rings (SSSR count). The number of carboxylic acids is 2. The maximum Gasteiger partial charge on any atom is 0.414 e. The van der Waals surface area contributed by atoms with Gasteiger partial charge in [0.25, 0.3) is 0 Å². The summed E-state index contributed by atoms with van der Waals surface area (Å²) >= 11 is 0. The Hall–Kier alpha value is -3.66. The van der Waals surface area contributed by atoms with Crippen LogP contribution in [0.2, 0.25) is 0 Å². The van der Waals surface area contributed by atoms with Crippen LogP contribution in [0.25, 0.3) is 0 Å². The second-order valence-corrected chi connectivity index (χ2v) is 6.26. The Kier molecular flexibility index (Phi) is 8.77. The van der Waals surface area contributed by atoms with E-state index in [1.165, 1.54) is 5.56 Å². The summed E-state index contributed by atoms with van der Waals surface area (Å²) in [6.07, 6.45) is 0.891. The van der Waals surface area contributed by atoms with E-state index in [2.05, 4.69) is 5.32 Å². The van der Waals surface area contributed by atoms with Gasteiger partial charge in [-0.25, -0.2) is 9.59 Å². The van der Waals surface area contributed by atoms with E-state index in [0.717, 1.165) is 42.3 Å². The van der Waals surface area contributed by atoms with Gasteiger partial charge in [-0.15, -0.1) is 0 Å². The Morgan fingerprint density at radius 3 is 2.16 bits per heavy atom. The van der Waals surface area contributed by atoms with E-state index in [4.69, 9.17) is 43.5 Å². The van der Waals surface area contributed by atoms with Crippen molar-refractivity contribution in [3.63, 3.8) is 0 Å². The molecule has 10 heteroatoms. The van der Waals surface area contributed by atoms with E-state index in [-0.39, 0.29) is 6.79 Å². The number of fused-ring (bicyclic) bond motifs is 1. The molecule has 1 aliphatic rings. The molecule has 0 amide bonds. The number of ether oxygens (including phenoxy) is 5. The lowest BCUT2D eigenvalue weighted by Gasteiger charge is -2.11. The van der Waals surface area contributed by atoms with E-state index >= 15 is 0 Å². The summed E-state index contributed by atoms with van der Waals surface area (Å²) in [5.74, 6) is -0.0449. The van der Waals surface area contributed by atoms with Gasteiger partial charge >= 0.3 is 11.9 Å². The van der Waals surface area contributed by atoms with Gasteiger partial charge in [-0.2, -0.15) is 0 Å². The van der Waals surface area contributed by atoms with Crippen LogP contribution in [0.1, 0.15) is 11.1 Å². The number of nitrogens with one attached hydrogen (secondary N) is 1. The van der Waals surface area contributed by atoms with Crippen LogP contribution in [-0.2, 0) is 22.6 Å². The van der Waals surface area contributed by atoms with Crippen LogP contribution in [0, 0.1) is 0 Å². The number of carboxylic acid groups (broad SMARTS) is 2. The first-order chi connectivity index (χ1) is 14.9. The monoisotopic (exact) mass is 435 g/mol. The third-order valence-electron chi connectivity index (χ3n) is 4.27. The zero-order chi connectivity index (χ0) is 22.8. The van der Waals surface area contributed by atoms with Gasteiger partial charge in [-0.3, -0.25) is 0 Å². The van der Waals surface area contributed by atoms with Gasteiger partial charge in [0.1, 0.15) is 0 Å². The van der Waals surface area contributed by atoms with Gasteiger partial charge in [0.2, 0.25) is 12.5 Å². The molecule has 31 heavy (non-hydrogen) atoms. The molecule has 0 fully saturated rings. The van der Waals surface area contributed by atoms with Crippen molar-refractivity contribution in [1.29, 1.82) is 0 Å². The number of hydrogen-bond donors (Lipinski definition) is 3. The maximum atomic E-state index is 9.10. The molecule has 0 unspecified atom stereocenters. The predicted molar refractivity (Wildman–Crippen MR) is 109 cm³/mol. The van der Waals surface area contributed by atoms with Crippen LogP contribution < -0.4 is 29.0 Å². The lowest BCUT2D eigenvalue weighted by atomic mass is 10.1. The summed E-state index contributed by atoms with van der Waals surface area (Å²) in [7, 11) is 4.91. The van der Waals surface area contributed by atoms with Crippen LogP contribution >= 0.6 is 0 Å². The fourth-order valence-corrected chi connectivity index (χ4v) is 2.79. The van der Waals surface area contributed by atoms with Crippen molar-refractivity contribution in [3.8, 4) is 28.7 Å². The lowest BCUT2D eigenvalue weighted by molar-refractivity contribution is -0.159. The Balaban J connectivity index is 0.000000501. The summed E-state index contributed by atoms with van der Waals surface area (Å²) in [6.45, 7) is 1.80. The molecule has 1 aliphatic heterocycles. The molecule has 0 bridgehead atoms. The highest BCUT2D eigenvalue weighted by Crippen LogP contribution is 2.41. The highest BCUT2D eigenvalue weighted by atomic mass is 16.7. The largest absolute Gasteiger partial charge is 0.493 e. The van der Waals surface area contributed by atoms with Gasteiger partial charge in [0.05, 0.1) is 21.3 Å². The molecule has 2 aromatic carbocycles. The quantitative estimate of drug-likeness (QED) is 0.417. The molecule has 0 saturated carbocycles. The number of rotatable bonds is 8. The fourth-order valence-electron chi connectivity index (χ4n) is 2.79. The minimum atomic E-state index is -1.82. The van der Waals surface area contributed by atoms with Crippen molar-refractivity contribution in [2.75, 3.05) is 34.7 Å². The average Bonchev–Trinajstić information content (AvgIpc) is 3.25. The highest BCUT2D eigenvalue weighted by Gasteiger charge is 2.19. The smallest absolute Gasteiger partial charge is 0.414 e. The first-order valence-corrected chi connectivity index (χ1v) is 9.24. The zero-order valence-corrected chi connectivity index (χ0v) is 17.5. The van der Waals surface area contributed by atoms with E-state index in [9.17, 15) is 0 Å². The molecule has 0 aliphatic carbocycles. The van der Waals surface area contributed by atoms with E-state index in [1.807, 2.05) is 30.3 Å². The summed E-state index contributed by atoms with van der Waals surface area (Å²) in [6, 6.07) is 9.93. The molecule has 0 aromatic heterocycles. The summed E-state index contributed by atoms with van der Waals surface area (Å²) in [5.41, 5.74) is 2.28. The number of hydrogen-bond acceptors (Lipinski definition) is 8. The highest BCUT2D eigenvalue weighted by molar-refractivity contribution is 6.27. The topological polar surface area (TPSA) is 133 Å². The second-order valence-electron chi connectivity index (χ2n) is 6.26. The first kappa shape index (κ1) is 23.6. The Morgan fingerprint density at radius 2 is 1.55 bits per heavy atom. The van der Waals surface area contributed by atoms with Crippen molar-refractivity contribution in [2.45, 2.75) is 13.0 Å². The normalized spacial score (nSPS) is 11.2. The van der Waals surface area contributed by atoms with Crippen LogP contribution in [0.5, 0.6) is 28.7 Å². The number of carbonyl (C=O) groups is 2. The second kappa shape index (κ2) is 11.5. The SMILES string of the molecule is COc1ccc(CCNCc2cc(OC)c3c(c2)OCO3)cc1OC.O=C(O)C(=O)O. The van der Waals surface area contributed by atoms with Crippen molar-refractivity contribution in [1.82, 2.24) is 5.32 Å². The third-order valence-corrected chi connectivity index (χ3v) is 4.27. The molecular weight excluding hydrogens is 410 g/mol. The Labute approximate surface area is 179 Å². The summed E-state index contributed by atoms with van der Waals surface area (Å²) < 4.78 is 26.8. The van der Waals surface area contributed by atoms with Crippen molar-refractivity contribution in [3.05, 3.63) is 41.5 Å². The molecule has 1 heterocycles. The fraction of sp³-hybridized carbons (Fsp3) is 0.333. The van der Waals surface area contributed by atoms with E-state index in [1.54, 1.807) is 21.3 Å². The molecule has 10 nitrogen and oxygen atoms in total. The van der Waals surface area contributed by atoms with Gasteiger partial charge in [0.15, 0.2) is 23.0 Å². The molecule has 2 aromatic rings. The van der Waals surface area contributed by atoms with Gasteiger partial charge in [-0.05, 0) is 48.4 Å². The zero-order valence-electron chi connectivity index (χ0n) is 17.5. The van der Waals surface area contributed by atoms with Gasteiger partial charge in [-0.1, -0.05) is 6.07 Å². The first-order valence-electron chi connectivity index (χ1n) is 9.24. The van der Waals surface area contributed by atoms with Crippen molar-refractivity contribution >= 4 is 11.9 Å². The lowest BCUT2D eigenvalue weighted by Crippen LogP contribution is -2.16. The van der Waals surface area contributed by atoms with E-state index < -0.39 is 11.9 Å². The standard InChI is InChI=1S/C19H23NO5.C2H2O4/c1-21-15-5-4-13(8-16(15)22-2)6-7-20-11-14-9-17(23-3)19-18(10-14)24-12-25-19;3-1(4)2(5)6/h4-5,8-10,20H,6-7,11-12H2,1-3H3;(H,3,4)(H,5,6). The van der Waals surface area contributed by atoms with Crippen molar-refractivity contribution < 1.29 is 43.5 Å². The molecule has 0 radical (unpaired) electrons. The Bertz CT molecular complexity index is 902. The van der Waals surface area contributed by atoms with Crippen LogP contribution in [0.15, 0.2) is 30.3 Å². The Morgan fingerprint density at radius 1 is 0.903 bits per heavy atom. The molecule has 0 atom stereocenters. The maximum absolute atomic E-state index is 9.10. The minimum absolute atomic E-state index is 0.238. The van der Waals surface area contributed by atoms with Gasteiger partial charge < -0.3 is 39.2 Å². The van der Waals surface area contributed by atoms with Crippen molar-refractivity contribution in [2.24, 2.45) is 0 Å². The average molecular weight is 435 g/mol. The number of methoxy groups -OCH3 is 3. The molecule has 3 N–H and O–H groups in total. The predicted octanol–water partition coefficient (Wildman–Crippen LogP) is 1.93. The third kappa shape index (κ3) is 6.68. The van der Waals surface area contributed by atoms with E-state index in [0.29, 0.717) is 11.5 Å². The molecular formula is C21H25NO9. The molecule has 168 valence electrons. The summed E-state index contributed by atoms with van der Waals surface area (Å²) in [5, 5.41) is 18.2.